The molecule has 0 spiro atoms. The summed E-state index contributed by atoms with van der Waals surface area (Å²) in [6, 6.07) is 2.52. The minimum absolute atomic E-state index is 0.0348. The van der Waals surface area contributed by atoms with Gasteiger partial charge >= 0.3 is 5.97 Å². The molecule has 1 atom stereocenters. The molecule has 0 saturated heterocycles. The Balaban J connectivity index is 2.39. The Hall–Kier alpha value is -2.05. The molecule has 1 unspecified atom stereocenters. The average molecular weight is 313 g/mol. The van der Waals surface area contributed by atoms with Gasteiger partial charge in [-0.2, -0.15) is 5.26 Å². The Morgan fingerprint density at radius 2 is 2.35 bits per heavy atom. The lowest BCUT2D eigenvalue weighted by molar-refractivity contribution is -0.139. The summed E-state index contributed by atoms with van der Waals surface area (Å²) in [6.45, 7) is 0. The molecule has 0 aliphatic heterocycles. The summed E-state index contributed by atoms with van der Waals surface area (Å²) >= 11 is 2.32. The van der Waals surface area contributed by atoms with Crippen LogP contribution in [0.1, 0.15) is 5.56 Å². The van der Waals surface area contributed by atoms with Crippen LogP contribution in [0.5, 0.6) is 0 Å². The fourth-order valence-electron chi connectivity index (χ4n) is 1.20. The topological polar surface area (TPSA) is 119 Å². The molecule has 1 rings (SSSR count). The summed E-state index contributed by atoms with van der Waals surface area (Å²) in [6.07, 6.45) is 0.310. The molecule has 20 heavy (non-hydrogen) atoms. The maximum Gasteiger partial charge on any atom is 0.327 e. The van der Waals surface area contributed by atoms with Crippen molar-refractivity contribution < 1.29 is 19.5 Å². The van der Waals surface area contributed by atoms with Crippen LogP contribution in [0.4, 0.5) is 5.00 Å². The molecule has 7 nitrogen and oxygen atoms in total. The molecule has 9 heteroatoms. The van der Waals surface area contributed by atoms with Gasteiger partial charge in [0.2, 0.25) is 12.3 Å². The molecule has 0 saturated carbocycles. The van der Waals surface area contributed by atoms with Gasteiger partial charge in [-0.05, 0) is 11.4 Å². The van der Waals surface area contributed by atoms with Crippen molar-refractivity contribution in [3.8, 4) is 6.07 Å². The van der Waals surface area contributed by atoms with Crippen LogP contribution in [0, 0.1) is 11.3 Å². The lowest BCUT2D eigenvalue weighted by Gasteiger charge is -2.10. The second kappa shape index (κ2) is 8.19. The zero-order valence-corrected chi connectivity index (χ0v) is 11.8. The molecule has 0 fully saturated rings. The normalized spacial score (nSPS) is 11.2. The highest BCUT2D eigenvalue weighted by Crippen LogP contribution is 2.22. The number of hydrogen-bond donors (Lipinski definition) is 3. The SMILES string of the molecule is N#Cc1ccsc1NC(=O)CSCC(NC=O)C(=O)O. The zero-order valence-electron chi connectivity index (χ0n) is 10.2. The molecular formula is C11H11N3O4S2. The van der Waals surface area contributed by atoms with Gasteiger partial charge in [0.1, 0.15) is 17.1 Å². The maximum absolute atomic E-state index is 11.6. The quantitative estimate of drug-likeness (QED) is 0.601. The van der Waals surface area contributed by atoms with Crippen LogP contribution >= 0.6 is 23.1 Å². The van der Waals surface area contributed by atoms with Gasteiger partial charge in [0.15, 0.2) is 0 Å². The fourth-order valence-corrected chi connectivity index (χ4v) is 2.80. The van der Waals surface area contributed by atoms with E-state index in [1.54, 1.807) is 11.4 Å². The number of nitrogens with one attached hydrogen (secondary N) is 2. The Bertz CT molecular complexity index is 538. The number of carbonyl (C=O) groups is 3. The minimum atomic E-state index is -1.16. The average Bonchev–Trinajstić information content (AvgIpc) is 2.84. The van der Waals surface area contributed by atoms with Crippen LogP contribution < -0.4 is 10.6 Å². The van der Waals surface area contributed by atoms with E-state index in [0.717, 1.165) is 11.8 Å². The van der Waals surface area contributed by atoms with E-state index in [4.69, 9.17) is 10.4 Å². The van der Waals surface area contributed by atoms with Gasteiger partial charge < -0.3 is 15.7 Å². The van der Waals surface area contributed by atoms with Gasteiger partial charge in [0.05, 0.1) is 11.3 Å². The summed E-state index contributed by atoms with van der Waals surface area (Å²) in [7, 11) is 0. The Morgan fingerprint density at radius 1 is 1.60 bits per heavy atom. The van der Waals surface area contributed by atoms with Gasteiger partial charge in [0.25, 0.3) is 0 Å². The summed E-state index contributed by atoms with van der Waals surface area (Å²) in [4.78, 5) is 32.6. The first-order valence-corrected chi connectivity index (χ1v) is 7.39. The standard InChI is InChI=1S/C11H11N3O4S2/c12-3-7-1-2-20-10(7)14-9(16)5-19-4-8(11(17)18)13-6-15/h1-2,6,8H,4-5H2,(H,13,15)(H,14,16)(H,17,18). The Morgan fingerprint density at radius 3 is 2.95 bits per heavy atom. The Kier molecular flexibility index (Phi) is 6.55. The van der Waals surface area contributed by atoms with E-state index in [2.05, 4.69) is 10.6 Å². The number of carboxylic acid groups (broad SMARTS) is 1. The molecule has 106 valence electrons. The fraction of sp³-hybridized carbons (Fsp3) is 0.273. The number of nitriles is 1. The van der Waals surface area contributed by atoms with Gasteiger partial charge in [-0.1, -0.05) is 0 Å². The van der Waals surface area contributed by atoms with E-state index >= 15 is 0 Å². The van der Waals surface area contributed by atoms with Gasteiger partial charge in [-0.15, -0.1) is 23.1 Å². The van der Waals surface area contributed by atoms with Crippen LogP contribution in [0.3, 0.4) is 0 Å². The third-order valence-electron chi connectivity index (χ3n) is 2.12. The molecule has 3 N–H and O–H groups in total. The smallest absolute Gasteiger partial charge is 0.327 e. The number of carboxylic acids is 1. The van der Waals surface area contributed by atoms with Crippen LogP contribution in [0.2, 0.25) is 0 Å². The predicted octanol–water partition coefficient (Wildman–Crippen LogP) is 0.491. The Labute approximate surface area is 123 Å². The van der Waals surface area contributed by atoms with E-state index in [-0.39, 0.29) is 17.4 Å². The van der Waals surface area contributed by atoms with Crippen LogP contribution in [-0.2, 0) is 14.4 Å². The van der Waals surface area contributed by atoms with Crippen LogP contribution in [0.15, 0.2) is 11.4 Å². The van der Waals surface area contributed by atoms with E-state index < -0.39 is 12.0 Å². The van der Waals surface area contributed by atoms with Crippen molar-refractivity contribution in [2.45, 2.75) is 6.04 Å². The predicted molar refractivity (Wildman–Crippen MR) is 75.6 cm³/mol. The van der Waals surface area contributed by atoms with E-state index in [0.29, 0.717) is 17.0 Å². The van der Waals surface area contributed by atoms with Crippen LogP contribution in [0.25, 0.3) is 0 Å². The first kappa shape index (κ1) is 16.0. The third kappa shape index (κ3) is 4.91. The lowest BCUT2D eigenvalue weighted by Crippen LogP contribution is -2.38. The van der Waals surface area contributed by atoms with Crippen molar-refractivity contribution >= 4 is 46.4 Å². The molecule has 2 amide bonds. The number of thiophene rings is 1. The zero-order chi connectivity index (χ0) is 15.0. The summed E-state index contributed by atoms with van der Waals surface area (Å²) < 4.78 is 0. The number of hydrogen-bond acceptors (Lipinski definition) is 6. The highest BCUT2D eigenvalue weighted by molar-refractivity contribution is 8.00. The molecule has 0 aliphatic carbocycles. The minimum Gasteiger partial charge on any atom is -0.480 e. The number of thioether (sulfide) groups is 1. The van der Waals surface area contributed by atoms with Crippen molar-refractivity contribution in [1.82, 2.24) is 5.32 Å². The molecule has 0 aliphatic rings. The van der Waals surface area contributed by atoms with E-state index in [1.165, 1.54) is 11.3 Å². The number of rotatable bonds is 8. The van der Waals surface area contributed by atoms with Gasteiger partial charge in [-0.3, -0.25) is 9.59 Å². The van der Waals surface area contributed by atoms with Crippen molar-refractivity contribution in [2.75, 3.05) is 16.8 Å². The molecule has 1 aromatic rings. The molecular weight excluding hydrogens is 302 g/mol. The summed E-state index contributed by atoms with van der Waals surface area (Å²) in [5.74, 6) is -1.37. The van der Waals surface area contributed by atoms with Crippen molar-refractivity contribution in [3.63, 3.8) is 0 Å². The first-order chi connectivity index (χ1) is 9.58. The van der Waals surface area contributed by atoms with Crippen molar-refractivity contribution in [1.29, 1.82) is 5.26 Å². The monoisotopic (exact) mass is 313 g/mol. The van der Waals surface area contributed by atoms with Crippen LogP contribution in [-0.4, -0.2) is 40.9 Å². The number of amides is 2. The van der Waals surface area contributed by atoms with Gasteiger partial charge in [-0.25, -0.2) is 4.79 Å². The van der Waals surface area contributed by atoms with Crippen molar-refractivity contribution in [2.24, 2.45) is 0 Å². The molecule has 0 bridgehead atoms. The third-order valence-corrected chi connectivity index (χ3v) is 3.99. The van der Waals surface area contributed by atoms with E-state index in [9.17, 15) is 14.4 Å². The highest BCUT2D eigenvalue weighted by Gasteiger charge is 2.17. The molecule has 1 heterocycles. The summed E-state index contributed by atoms with van der Waals surface area (Å²) in [5.41, 5.74) is 0.388. The molecule has 0 aromatic carbocycles. The number of aliphatic carboxylic acids is 1. The van der Waals surface area contributed by atoms with E-state index in [1.807, 2.05) is 6.07 Å². The molecule has 0 radical (unpaired) electrons. The molecule has 1 aromatic heterocycles. The number of carbonyl (C=O) groups excluding carboxylic acids is 2. The lowest BCUT2D eigenvalue weighted by atomic mass is 10.3. The summed E-state index contributed by atoms with van der Waals surface area (Å²) in [5, 5.41) is 24.4. The number of anilines is 1. The first-order valence-electron chi connectivity index (χ1n) is 5.36. The van der Waals surface area contributed by atoms with Crippen molar-refractivity contribution in [3.05, 3.63) is 17.0 Å². The van der Waals surface area contributed by atoms with Gasteiger partial charge in [0, 0.05) is 5.75 Å². The maximum atomic E-state index is 11.6. The second-order valence-corrected chi connectivity index (χ2v) is 5.46. The highest BCUT2D eigenvalue weighted by atomic mass is 32.2. The largest absolute Gasteiger partial charge is 0.480 e. The number of nitrogens with zero attached hydrogens (tertiary/aromatic N) is 1. The second-order valence-electron chi connectivity index (χ2n) is 3.51.